The van der Waals surface area contributed by atoms with Gasteiger partial charge in [0.15, 0.2) is 0 Å². The van der Waals surface area contributed by atoms with Crippen molar-refractivity contribution in [1.29, 1.82) is 0 Å². The van der Waals surface area contributed by atoms with Crippen LogP contribution < -0.4 is 14.8 Å². The van der Waals surface area contributed by atoms with Crippen LogP contribution in [0.1, 0.15) is 11.1 Å². The number of nitrogens with one attached hydrogen (secondary N) is 1. The van der Waals surface area contributed by atoms with Crippen LogP contribution in [0.15, 0.2) is 46.9 Å². The molecule has 0 spiro atoms. The maximum Gasteiger partial charge on any atom is 0.124 e. The van der Waals surface area contributed by atoms with Crippen LogP contribution in [0.5, 0.6) is 11.5 Å². The number of methoxy groups -OCH3 is 1. The maximum absolute atomic E-state index is 5.93. The lowest BCUT2D eigenvalue weighted by atomic mass is 10.2. The highest BCUT2D eigenvalue weighted by molar-refractivity contribution is 9.10. The van der Waals surface area contributed by atoms with Crippen LogP contribution in [0, 0.1) is 0 Å². The Bertz CT molecular complexity index is 572. The van der Waals surface area contributed by atoms with Crippen LogP contribution in [0.3, 0.4) is 0 Å². The van der Waals surface area contributed by atoms with Gasteiger partial charge in [0.05, 0.1) is 7.11 Å². The van der Waals surface area contributed by atoms with Crippen LogP contribution in [0.4, 0.5) is 0 Å². The van der Waals surface area contributed by atoms with Crippen molar-refractivity contribution in [3.05, 3.63) is 58.1 Å². The first-order valence-corrected chi connectivity index (χ1v) is 7.21. The summed E-state index contributed by atoms with van der Waals surface area (Å²) in [5.74, 6) is 1.71. The molecule has 0 unspecified atom stereocenters. The standard InChI is InChI=1S/C16H18BrNO2/c1-18-10-13-9-14(19-2)7-8-16(13)20-11-12-5-3-4-6-15(12)17/h3-9,18H,10-11H2,1-2H3. The van der Waals surface area contributed by atoms with Crippen molar-refractivity contribution in [3.63, 3.8) is 0 Å². The molecule has 20 heavy (non-hydrogen) atoms. The van der Waals surface area contributed by atoms with Crippen LogP contribution in [-0.4, -0.2) is 14.2 Å². The van der Waals surface area contributed by atoms with Gasteiger partial charge in [-0.1, -0.05) is 34.1 Å². The Balaban J connectivity index is 2.14. The predicted octanol–water partition coefficient (Wildman–Crippen LogP) is 3.76. The average Bonchev–Trinajstić information content (AvgIpc) is 2.47. The fraction of sp³-hybridized carbons (Fsp3) is 0.250. The molecule has 2 aromatic carbocycles. The van der Waals surface area contributed by atoms with Crippen LogP contribution in [0.25, 0.3) is 0 Å². The molecule has 106 valence electrons. The molecule has 0 atom stereocenters. The molecule has 4 heteroatoms. The highest BCUT2D eigenvalue weighted by atomic mass is 79.9. The molecular weight excluding hydrogens is 318 g/mol. The summed E-state index contributed by atoms with van der Waals surface area (Å²) in [6.07, 6.45) is 0. The molecule has 0 saturated carbocycles. The van der Waals surface area contributed by atoms with E-state index in [-0.39, 0.29) is 0 Å². The van der Waals surface area contributed by atoms with Gasteiger partial charge < -0.3 is 14.8 Å². The van der Waals surface area contributed by atoms with Gasteiger partial charge in [-0.05, 0) is 31.3 Å². The monoisotopic (exact) mass is 335 g/mol. The first-order chi connectivity index (χ1) is 9.74. The Morgan fingerprint density at radius 3 is 2.60 bits per heavy atom. The zero-order valence-corrected chi connectivity index (χ0v) is 13.2. The van der Waals surface area contributed by atoms with Gasteiger partial charge in [-0.25, -0.2) is 0 Å². The lowest BCUT2D eigenvalue weighted by Crippen LogP contribution is -2.08. The highest BCUT2D eigenvalue weighted by Gasteiger charge is 2.06. The first kappa shape index (κ1) is 14.9. The molecule has 0 aromatic heterocycles. The Labute approximate surface area is 128 Å². The SMILES string of the molecule is CNCc1cc(OC)ccc1OCc1ccccc1Br. The van der Waals surface area contributed by atoms with Gasteiger partial charge in [0, 0.05) is 22.1 Å². The number of halogens is 1. The van der Waals surface area contributed by atoms with Crippen molar-refractivity contribution in [2.24, 2.45) is 0 Å². The van der Waals surface area contributed by atoms with E-state index in [0.29, 0.717) is 6.61 Å². The number of rotatable bonds is 6. The van der Waals surface area contributed by atoms with E-state index in [4.69, 9.17) is 9.47 Å². The van der Waals surface area contributed by atoms with Gasteiger partial charge in [0.25, 0.3) is 0 Å². The van der Waals surface area contributed by atoms with Gasteiger partial charge in [0.2, 0.25) is 0 Å². The third-order valence-electron chi connectivity index (χ3n) is 2.98. The molecule has 0 aliphatic heterocycles. The molecule has 0 heterocycles. The summed E-state index contributed by atoms with van der Waals surface area (Å²) >= 11 is 3.53. The minimum absolute atomic E-state index is 0.532. The summed E-state index contributed by atoms with van der Waals surface area (Å²) in [6.45, 7) is 1.27. The minimum Gasteiger partial charge on any atom is -0.497 e. The molecule has 2 aromatic rings. The molecule has 2 rings (SSSR count). The van der Waals surface area contributed by atoms with Crippen LogP contribution >= 0.6 is 15.9 Å². The van der Waals surface area contributed by atoms with Crippen molar-refractivity contribution >= 4 is 15.9 Å². The van der Waals surface area contributed by atoms with Crippen molar-refractivity contribution < 1.29 is 9.47 Å². The molecule has 3 nitrogen and oxygen atoms in total. The lowest BCUT2D eigenvalue weighted by molar-refractivity contribution is 0.300. The molecule has 0 bridgehead atoms. The molecule has 0 aliphatic rings. The van der Waals surface area contributed by atoms with Crippen molar-refractivity contribution in [3.8, 4) is 11.5 Å². The van der Waals surface area contributed by atoms with E-state index in [1.807, 2.05) is 49.5 Å². The molecule has 0 aliphatic carbocycles. The first-order valence-electron chi connectivity index (χ1n) is 6.42. The topological polar surface area (TPSA) is 30.5 Å². The van der Waals surface area contributed by atoms with Gasteiger partial charge in [-0.15, -0.1) is 0 Å². The molecule has 0 saturated heterocycles. The summed E-state index contributed by atoms with van der Waals surface area (Å²) in [5, 5.41) is 3.14. The zero-order chi connectivity index (χ0) is 14.4. The third-order valence-corrected chi connectivity index (χ3v) is 3.75. The van der Waals surface area contributed by atoms with Gasteiger partial charge >= 0.3 is 0 Å². The average molecular weight is 336 g/mol. The second-order valence-corrected chi connectivity index (χ2v) is 5.24. The molecular formula is C16H18BrNO2. The van der Waals surface area contributed by atoms with E-state index in [1.54, 1.807) is 7.11 Å². The second kappa shape index (κ2) is 7.31. The fourth-order valence-corrected chi connectivity index (χ4v) is 2.32. The Morgan fingerprint density at radius 1 is 1.10 bits per heavy atom. The van der Waals surface area contributed by atoms with E-state index in [0.717, 1.165) is 33.6 Å². The Morgan fingerprint density at radius 2 is 1.90 bits per heavy atom. The van der Waals surface area contributed by atoms with Gasteiger partial charge in [0.1, 0.15) is 18.1 Å². The number of hydrogen-bond donors (Lipinski definition) is 1. The van der Waals surface area contributed by atoms with Crippen molar-refractivity contribution in [2.45, 2.75) is 13.2 Å². The lowest BCUT2D eigenvalue weighted by Gasteiger charge is -2.13. The van der Waals surface area contributed by atoms with Gasteiger partial charge in [-0.2, -0.15) is 0 Å². The zero-order valence-electron chi connectivity index (χ0n) is 11.7. The number of benzene rings is 2. The van der Waals surface area contributed by atoms with Crippen LogP contribution in [0.2, 0.25) is 0 Å². The molecule has 0 radical (unpaired) electrons. The quantitative estimate of drug-likeness (QED) is 0.871. The smallest absolute Gasteiger partial charge is 0.124 e. The van der Waals surface area contributed by atoms with E-state index < -0.39 is 0 Å². The second-order valence-electron chi connectivity index (χ2n) is 4.38. The summed E-state index contributed by atoms with van der Waals surface area (Å²) in [6, 6.07) is 13.9. The van der Waals surface area contributed by atoms with Crippen molar-refractivity contribution in [2.75, 3.05) is 14.2 Å². The Kier molecular flexibility index (Phi) is 5.44. The van der Waals surface area contributed by atoms with E-state index in [9.17, 15) is 0 Å². The highest BCUT2D eigenvalue weighted by Crippen LogP contribution is 2.26. The summed E-state index contributed by atoms with van der Waals surface area (Å²) in [7, 11) is 3.58. The minimum atomic E-state index is 0.532. The Hall–Kier alpha value is -1.52. The predicted molar refractivity (Wildman–Crippen MR) is 84.2 cm³/mol. The molecule has 1 N–H and O–H groups in total. The third kappa shape index (κ3) is 3.74. The number of hydrogen-bond acceptors (Lipinski definition) is 3. The number of ether oxygens (including phenoxy) is 2. The van der Waals surface area contributed by atoms with E-state index in [1.165, 1.54) is 0 Å². The summed E-state index contributed by atoms with van der Waals surface area (Å²) in [5.41, 5.74) is 2.21. The largest absolute Gasteiger partial charge is 0.497 e. The maximum atomic E-state index is 5.93. The van der Waals surface area contributed by atoms with Crippen molar-refractivity contribution in [1.82, 2.24) is 5.32 Å². The molecule has 0 amide bonds. The van der Waals surface area contributed by atoms with E-state index in [2.05, 4.69) is 21.2 Å². The fourth-order valence-electron chi connectivity index (χ4n) is 1.92. The van der Waals surface area contributed by atoms with Gasteiger partial charge in [-0.3, -0.25) is 0 Å². The molecule has 0 fully saturated rings. The normalized spacial score (nSPS) is 10.3. The van der Waals surface area contributed by atoms with E-state index >= 15 is 0 Å². The van der Waals surface area contributed by atoms with Crippen LogP contribution in [-0.2, 0) is 13.2 Å². The summed E-state index contributed by atoms with van der Waals surface area (Å²) < 4.78 is 12.2. The summed E-state index contributed by atoms with van der Waals surface area (Å²) in [4.78, 5) is 0.